The molecule has 4 aromatic carbocycles. The Balaban J connectivity index is 1.43. The molecule has 0 amide bonds. The van der Waals surface area contributed by atoms with Crippen LogP contribution in [0.3, 0.4) is 0 Å². The Labute approximate surface area is 200 Å². The molecule has 0 saturated carbocycles. The topological polar surface area (TPSA) is 31.2 Å². The van der Waals surface area contributed by atoms with E-state index in [0.29, 0.717) is 12.3 Å². The van der Waals surface area contributed by atoms with Crippen LogP contribution >= 0.6 is 0 Å². The van der Waals surface area contributed by atoms with Crippen LogP contribution in [0.5, 0.6) is 11.5 Å². The van der Waals surface area contributed by atoms with Gasteiger partial charge in [-0.15, -0.1) is 0 Å². The summed E-state index contributed by atoms with van der Waals surface area (Å²) in [6.45, 7) is 4.41. The summed E-state index contributed by atoms with van der Waals surface area (Å²) in [4.78, 5) is 13.4. The number of rotatable bonds is 6. The number of fused-ring (bicyclic) bond motifs is 1. The Hall–Kier alpha value is -4.11. The number of hydrogen-bond acceptors (Lipinski definition) is 2. The highest BCUT2D eigenvalue weighted by molar-refractivity contribution is 6.02. The molecule has 0 bridgehead atoms. The fraction of sp³-hybridized carbons (Fsp3) is 0.129. The van der Waals surface area contributed by atoms with Crippen LogP contribution < -0.4 is 4.74 Å². The van der Waals surface area contributed by atoms with Crippen molar-refractivity contribution < 1.29 is 9.53 Å². The third-order valence-electron chi connectivity index (χ3n) is 6.11. The van der Waals surface area contributed by atoms with Crippen LogP contribution in [-0.2, 0) is 6.42 Å². The van der Waals surface area contributed by atoms with Gasteiger partial charge < -0.3 is 4.74 Å². The van der Waals surface area contributed by atoms with Gasteiger partial charge in [-0.3, -0.25) is 9.36 Å². The van der Waals surface area contributed by atoms with Crippen molar-refractivity contribution in [2.45, 2.75) is 26.2 Å². The van der Waals surface area contributed by atoms with Crippen LogP contribution in [-0.4, -0.2) is 10.5 Å². The lowest BCUT2D eigenvalue weighted by Gasteiger charge is -2.11. The maximum Gasteiger partial charge on any atom is 0.235 e. The number of hydrogen-bond donors (Lipinski definition) is 0. The largest absolute Gasteiger partial charge is 0.457 e. The lowest BCUT2D eigenvalue weighted by Crippen LogP contribution is -2.12. The van der Waals surface area contributed by atoms with Gasteiger partial charge in [0.1, 0.15) is 11.5 Å². The molecular weight excluding hydrogens is 418 g/mol. The average Bonchev–Trinajstić information content (AvgIpc) is 3.26. The van der Waals surface area contributed by atoms with Crippen LogP contribution in [0, 0.1) is 0 Å². The highest BCUT2D eigenvalue weighted by Gasteiger charge is 2.17. The number of benzene rings is 4. The number of ether oxygens (including phenoxy) is 1. The molecule has 0 unspecified atom stereocenters. The summed E-state index contributed by atoms with van der Waals surface area (Å²) in [6.07, 6.45) is 2.32. The second-order valence-corrected chi connectivity index (χ2v) is 8.80. The maximum atomic E-state index is 13.4. The summed E-state index contributed by atoms with van der Waals surface area (Å²) in [7, 11) is 0. The van der Waals surface area contributed by atoms with Crippen molar-refractivity contribution >= 4 is 16.8 Å². The molecule has 0 fully saturated rings. The van der Waals surface area contributed by atoms with Crippen LogP contribution in [0.4, 0.5) is 0 Å². The molecule has 0 aliphatic carbocycles. The molecule has 0 radical (unpaired) electrons. The zero-order chi connectivity index (χ0) is 23.5. The van der Waals surface area contributed by atoms with Gasteiger partial charge in [-0.05, 0) is 52.9 Å². The van der Waals surface area contributed by atoms with Crippen molar-refractivity contribution in [1.29, 1.82) is 0 Å². The van der Waals surface area contributed by atoms with Gasteiger partial charge in [0.15, 0.2) is 0 Å². The van der Waals surface area contributed by atoms with E-state index in [0.717, 1.165) is 33.5 Å². The monoisotopic (exact) mass is 445 g/mol. The van der Waals surface area contributed by atoms with Gasteiger partial charge in [0, 0.05) is 17.1 Å². The number of carbonyl (C=O) groups is 1. The van der Waals surface area contributed by atoms with Crippen molar-refractivity contribution in [3.8, 4) is 22.6 Å². The number of para-hydroxylation sites is 2. The molecule has 34 heavy (non-hydrogen) atoms. The number of carbonyl (C=O) groups excluding carboxylic acids is 1. The Morgan fingerprint density at radius 3 is 2.15 bits per heavy atom. The van der Waals surface area contributed by atoms with E-state index in [4.69, 9.17) is 4.74 Å². The Kier molecular flexibility index (Phi) is 6.01. The normalized spacial score (nSPS) is 11.1. The van der Waals surface area contributed by atoms with Crippen molar-refractivity contribution in [3.63, 3.8) is 0 Å². The van der Waals surface area contributed by atoms with Gasteiger partial charge >= 0.3 is 0 Å². The molecule has 0 N–H and O–H groups in total. The predicted molar refractivity (Wildman–Crippen MR) is 139 cm³/mol. The molecule has 1 aromatic heterocycles. The third kappa shape index (κ3) is 4.38. The van der Waals surface area contributed by atoms with Gasteiger partial charge in [-0.25, -0.2) is 0 Å². The summed E-state index contributed by atoms with van der Waals surface area (Å²) < 4.78 is 7.67. The molecule has 0 saturated heterocycles. The molecule has 5 rings (SSSR count). The molecule has 168 valence electrons. The molecule has 5 aromatic rings. The van der Waals surface area contributed by atoms with Gasteiger partial charge in [-0.2, -0.15) is 0 Å². The zero-order valence-electron chi connectivity index (χ0n) is 19.4. The lowest BCUT2D eigenvalue weighted by molar-refractivity contribution is 0.0919. The Bertz CT molecular complexity index is 1430. The second-order valence-electron chi connectivity index (χ2n) is 8.80. The highest BCUT2D eigenvalue weighted by atomic mass is 16.5. The first-order valence-electron chi connectivity index (χ1n) is 11.6. The fourth-order valence-electron chi connectivity index (χ4n) is 4.41. The molecule has 1 heterocycles. The third-order valence-corrected chi connectivity index (χ3v) is 6.11. The second kappa shape index (κ2) is 9.40. The van der Waals surface area contributed by atoms with Crippen molar-refractivity contribution in [3.05, 3.63) is 120 Å². The standard InChI is InChI=1S/C31H27NO2/c1-22(2)26-12-6-7-13-27(26)29-21-32(30-15-9-8-14-28(29)30)31(33)20-23-16-18-25(19-17-23)34-24-10-4-3-5-11-24/h3-19,21-22H,20H2,1-2H3. The summed E-state index contributed by atoms with van der Waals surface area (Å²) in [5.74, 6) is 1.98. The fourth-order valence-corrected chi connectivity index (χ4v) is 4.41. The van der Waals surface area contributed by atoms with Gasteiger partial charge in [-0.1, -0.05) is 86.6 Å². The van der Waals surface area contributed by atoms with Crippen molar-refractivity contribution in [2.75, 3.05) is 0 Å². The minimum Gasteiger partial charge on any atom is -0.457 e. The van der Waals surface area contributed by atoms with E-state index in [1.54, 1.807) is 4.57 Å². The first kappa shape index (κ1) is 21.7. The number of nitrogens with zero attached hydrogens (tertiary/aromatic N) is 1. The Morgan fingerprint density at radius 2 is 1.38 bits per heavy atom. The summed E-state index contributed by atoms with van der Waals surface area (Å²) in [5.41, 5.74) is 5.45. The predicted octanol–water partition coefficient (Wildman–Crippen LogP) is 8.11. The minimum absolute atomic E-state index is 0.0428. The van der Waals surface area contributed by atoms with E-state index in [2.05, 4.69) is 44.2 Å². The molecular formula is C31H27NO2. The van der Waals surface area contributed by atoms with Crippen LogP contribution in [0.15, 0.2) is 109 Å². The van der Waals surface area contributed by atoms with E-state index in [-0.39, 0.29) is 5.91 Å². The molecule has 3 nitrogen and oxygen atoms in total. The summed E-state index contributed by atoms with van der Waals surface area (Å²) in [6, 6.07) is 34.0. The van der Waals surface area contributed by atoms with Crippen LogP contribution in [0.2, 0.25) is 0 Å². The van der Waals surface area contributed by atoms with E-state index in [9.17, 15) is 4.79 Å². The molecule has 0 atom stereocenters. The first-order valence-corrected chi connectivity index (χ1v) is 11.6. The van der Waals surface area contributed by atoms with Gasteiger partial charge in [0.25, 0.3) is 0 Å². The first-order chi connectivity index (χ1) is 16.6. The molecule has 3 heteroatoms. The van der Waals surface area contributed by atoms with E-state index in [1.807, 2.05) is 79.0 Å². The SMILES string of the molecule is CC(C)c1ccccc1-c1cn(C(=O)Cc2ccc(Oc3ccccc3)cc2)c2ccccc12. The quantitative estimate of drug-likeness (QED) is 0.264. The highest BCUT2D eigenvalue weighted by Crippen LogP contribution is 2.35. The van der Waals surface area contributed by atoms with Crippen LogP contribution in [0.1, 0.15) is 35.7 Å². The van der Waals surface area contributed by atoms with Crippen molar-refractivity contribution in [1.82, 2.24) is 4.57 Å². The minimum atomic E-state index is 0.0428. The van der Waals surface area contributed by atoms with Crippen LogP contribution in [0.25, 0.3) is 22.0 Å². The number of aromatic nitrogens is 1. The average molecular weight is 446 g/mol. The molecule has 0 spiro atoms. The van der Waals surface area contributed by atoms with E-state index >= 15 is 0 Å². The Morgan fingerprint density at radius 1 is 0.735 bits per heavy atom. The molecule has 0 aliphatic rings. The van der Waals surface area contributed by atoms with E-state index < -0.39 is 0 Å². The summed E-state index contributed by atoms with van der Waals surface area (Å²) >= 11 is 0. The summed E-state index contributed by atoms with van der Waals surface area (Å²) in [5, 5.41) is 1.09. The maximum absolute atomic E-state index is 13.4. The van der Waals surface area contributed by atoms with E-state index in [1.165, 1.54) is 11.1 Å². The van der Waals surface area contributed by atoms with Gasteiger partial charge in [0.05, 0.1) is 11.9 Å². The zero-order valence-corrected chi connectivity index (χ0v) is 19.4. The smallest absolute Gasteiger partial charge is 0.235 e. The molecule has 0 aliphatic heterocycles. The lowest BCUT2D eigenvalue weighted by atomic mass is 9.92. The van der Waals surface area contributed by atoms with Crippen molar-refractivity contribution in [2.24, 2.45) is 0 Å². The van der Waals surface area contributed by atoms with Gasteiger partial charge in [0.2, 0.25) is 5.91 Å².